The minimum atomic E-state index is -3.15. The van der Waals surface area contributed by atoms with Gasteiger partial charge in [0, 0.05) is 28.8 Å². The van der Waals surface area contributed by atoms with Crippen LogP contribution in [0.5, 0.6) is 0 Å². The summed E-state index contributed by atoms with van der Waals surface area (Å²) in [6.45, 7) is 1.84. The third-order valence-corrected chi connectivity index (χ3v) is 8.19. The van der Waals surface area contributed by atoms with Gasteiger partial charge in [-0.05, 0) is 31.0 Å². The molecular formula is C17H19ClN2O5S2. The Bertz CT molecular complexity index is 916. The summed E-state index contributed by atoms with van der Waals surface area (Å²) in [6.07, 6.45) is 0.156. The van der Waals surface area contributed by atoms with Gasteiger partial charge in [0.15, 0.2) is 15.0 Å². The molecule has 0 spiro atoms. The number of hydrogen-bond acceptors (Lipinski definition) is 5. The van der Waals surface area contributed by atoms with E-state index in [1.54, 1.807) is 17.0 Å². The summed E-state index contributed by atoms with van der Waals surface area (Å²) in [5.74, 6) is -1.32. The Kier molecular flexibility index (Phi) is 5.83. The van der Waals surface area contributed by atoms with Crippen LogP contribution in [0.3, 0.4) is 0 Å². The number of sulfone groups is 1. The number of amidine groups is 1. The van der Waals surface area contributed by atoms with Crippen LogP contribution in [0, 0.1) is 6.92 Å². The highest BCUT2D eigenvalue weighted by atomic mass is 35.5. The molecule has 1 aromatic rings. The lowest BCUT2D eigenvalue weighted by Crippen LogP contribution is -2.38. The SMILES string of the molecule is Cc1c(Cl)cccc1N1C(=NC(=O)CCCC(=O)O)S[C@H]2CS(=O)(=O)C[C@H]21. The normalized spacial score (nSPS) is 25.0. The third kappa shape index (κ3) is 4.47. The van der Waals surface area contributed by atoms with Crippen LogP contribution in [0.4, 0.5) is 5.69 Å². The molecule has 7 nitrogen and oxygen atoms in total. The second kappa shape index (κ2) is 7.81. The molecule has 1 N–H and O–H groups in total. The zero-order valence-electron chi connectivity index (χ0n) is 14.6. The van der Waals surface area contributed by atoms with E-state index < -0.39 is 21.7 Å². The number of carbonyl (C=O) groups excluding carboxylic acids is 1. The van der Waals surface area contributed by atoms with Crippen molar-refractivity contribution in [2.45, 2.75) is 37.5 Å². The minimum absolute atomic E-state index is 0.00282. The first-order valence-corrected chi connectivity index (χ1v) is 11.5. The number of nitrogens with zero attached hydrogens (tertiary/aromatic N) is 2. The monoisotopic (exact) mass is 430 g/mol. The van der Waals surface area contributed by atoms with Crippen molar-refractivity contribution in [2.75, 3.05) is 16.4 Å². The molecule has 2 aliphatic heterocycles. The standard InChI is InChI=1S/C17H19ClN2O5S2/c1-10-11(18)4-2-5-12(10)20-13-8-27(24,25)9-14(13)26-17(20)19-15(21)6-3-7-16(22)23/h2,4-5,13-14H,3,6-9H2,1H3,(H,22,23)/t13-,14+/m1/s1. The Morgan fingerprint density at radius 1 is 1.33 bits per heavy atom. The smallest absolute Gasteiger partial charge is 0.303 e. The molecule has 0 radical (unpaired) electrons. The first-order chi connectivity index (χ1) is 12.7. The first-order valence-electron chi connectivity index (χ1n) is 8.42. The molecule has 0 saturated carbocycles. The molecule has 2 atom stereocenters. The van der Waals surface area contributed by atoms with Gasteiger partial charge in [0.1, 0.15) is 0 Å². The summed E-state index contributed by atoms with van der Waals surface area (Å²) in [6, 6.07) is 5.06. The molecule has 2 aliphatic rings. The van der Waals surface area contributed by atoms with Crippen LogP contribution in [-0.4, -0.2) is 53.4 Å². The summed E-state index contributed by atoms with van der Waals surface area (Å²) in [7, 11) is -3.15. The summed E-state index contributed by atoms with van der Waals surface area (Å²) >= 11 is 7.51. The van der Waals surface area contributed by atoms with E-state index in [9.17, 15) is 18.0 Å². The number of carboxylic acid groups (broad SMARTS) is 1. The summed E-state index contributed by atoms with van der Waals surface area (Å²) in [5, 5.41) is 9.49. The average molecular weight is 431 g/mol. The number of halogens is 1. The van der Waals surface area contributed by atoms with Crippen molar-refractivity contribution in [3.05, 3.63) is 28.8 Å². The molecule has 0 aromatic heterocycles. The highest BCUT2D eigenvalue weighted by Gasteiger charge is 2.49. The van der Waals surface area contributed by atoms with Crippen LogP contribution in [-0.2, 0) is 19.4 Å². The van der Waals surface area contributed by atoms with Gasteiger partial charge in [0.2, 0.25) is 5.91 Å². The van der Waals surface area contributed by atoms with E-state index in [0.717, 1.165) is 11.3 Å². The number of amides is 1. The van der Waals surface area contributed by atoms with E-state index >= 15 is 0 Å². The fraction of sp³-hybridized carbons (Fsp3) is 0.471. The fourth-order valence-electron chi connectivity index (χ4n) is 3.26. The largest absolute Gasteiger partial charge is 0.481 e. The van der Waals surface area contributed by atoms with Gasteiger partial charge >= 0.3 is 5.97 Å². The lowest BCUT2D eigenvalue weighted by atomic mass is 10.1. The predicted molar refractivity (Wildman–Crippen MR) is 106 cm³/mol. The topological polar surface area (TPSA) is 104 Å². The number of carboxylic acids is 1. The molecule has 2 saturated heterocycles. The Labute approximate surface area is 166 Å². The van der Waals surface area contributed by atoms with Crippen LogP contribution in [0.2, 0.25) is 5.02 Å². The Hall–Kier alpha value is -1.58. The molecule has 0 aliphatic carbocycles. The number of aliphatic carboxylic acids is 1. The van der Waals surface area contributed by atoms with E-state index in [1.165, 1.54) is 11.8 Å². The van der Waals surface area contributed by atoms with Crippen LogP contribution in [0.25, 0.3) is 0 Å². The molecule has 1 aromatic carbocycles. The number of anilines is 1. The van der Waals surface area contributed by atoms with Gasteiger partial charge < -0.3 is 10.0 Å². The number of hydrogen-bond donors (Lipinski definition) is 1. The number of fused-ring (bicyclic) bond motifs is 1. The second-order valence-corrected chi connectivity index (χ2v) is 10.4. The van der Waals surface area contributed by atoms with E-state index in [2.05, 4.69) is 4.99 Å². The molecule has 0 bridgehead atoms. The first kappa shape index (κ1) is 20.2. The lowest BCUT2D eigenvalue weighted by Gasteiger charge is -2.26. The number of thioether (sulfide) groups is 1. The number of benzene rings is 1. The van der Waals surface area contributed by atoms with Crippen molar-refractivity contribution in [3.8, 4) is 0 Å². The number of rotatable bonds is 5. The van der Waals surface area contributed by atoms with Crippen molar-refractivity contribution in [1.29, 1.82) is 0 Å². The quantitative estimate of drug-likeness (QED) is 0.765. The maximum atomic E-state index is 12.2. The predicted octanol–water partition coefficient (Wildman–Crippen LogP) is 2.50. The van der Waals surface area contributed by atoms with Gasteiger partial charge in [-0.2, -0.15) is 4.99 Å². The van der Waals surface area contributed by atoms with Gasteiger partial charge in [0.05, 0.1) is 17.5 Å². The Balaban J connectivity index is 1.91. The van der Waals surface area contributed by atoms with E-state index in [1.807, 2.05) is 13.0 Å². The van der Waals surface area contributed by atoms with Crippen LogP contribution >= 0.6 is 23.4 Å². The van der Waals surface area contributed by atoms with Gasteiger partial charge in [-0.3, -0.25) is 9.59 Å². The lowest BCUT2D eigenvalue weighted by molar-refractivity contribution is -0.137. The van der Waals surface area contributed by atoms with Gasteiger partial charge in [0.25, 0.3) is 0 Å². The van der Waals surface area contributed by atoms with E-state index in [-0.39, 0.29) is 42.1 Å². The third-order valence-electron chi connectivity index (χ3n) is 4.57. The molecule has 2 fully saturated rings. The summed E-state index contributed by atoms with van der Waals surface area (Å²) in [4.78, 5) is 28.8. The molecule has 3 rings (SSSR count). The van der Waals surface area contributed by atoms with Crippen molar-refractivity contribution in [3.63, 3.8) is 0 Å². The van der Waals surface area contributed by atoms with Crippen LogP contribution in [0.1, 0.15) is 24.8 Å². The molecule has 1 amide bonds. The molecule has 146 valence electrons. The van der Waals surface area contributed by atoms with Crippen LogP contribution < -0.4 is 4.90 Å². The highest BCUT2D eigenvalue weighted by Crippen LogP contribution is 2.42. The minimum Gasteiger partial charge on any atom is -0.481 e. The maximum absolute atomic E-state index is 12.2. The van der Waals surface area contributed by atoms with E-state index in [0.29, 0.717) is 10.2 Å². The fourth-order valence-corrected chi connectivity index (χ4v) is 7.35. The van der Waals surface area contributed by atoms with Crippen molar-refractivity contribution >= 4 is 55.9 Å². The molecular weight excluding hydrogens is 412 g/mol. The Morgan fingerprint density at radius 3 is 2.78 bits per heavy atom. The van der Waals surface area contributed by atoms with Gasteiger partial charge in [-0.25, -0.2) is 8.42 Å². The van der Waals surface area contributed by atoms with Gasteiger partial charge in [-0.15, -0.1) is 0 Å². The number of aliphatic imine (C=N–C) groups is 1. The van der Waals surface area contributed by atoms with Crippen molar-refractivity contribution < 1.29 is 23.1 Å². The van der Waals surface area contributed by atoms with E-state index in [4.69, 9.17) is 16.7 Å². The molecule has 2 heterocycles. The zero-order chi connectivity index (χ0) is 19.8. The zero-order valence-corrected chi connectivity index (χ0v) is 17.0. The number of carbonyl (C=O) groups is 2. The maximum Gasteiger partial charge on any atom is 0.303 e. The summed E-state index contributed by atoms with van der Waals surface area (Å²) < 4.78 is 24.2. The molecule has 0 unspecified atom stereocenters. The Morgan fingerprint density at radius 2 is 2.07 bits per heavy atom. The van der Waals surface area contributed by atoms with Gasteiger partial charge in [-0.1, -0.05) is 29.4 Å². The summed E-state index contributed by atoms with van der Waals surface area (Å²) in [5.41, 5.74) is 1.52. The average Bonchev–Trinajstić information content (AvgIpc) is 3.01. The van der Waals surface area contributed by atoms with Crippen molar-refractivity contribution in [1.82, 2.24) is 0 Å². The second-order valence-electron chi connectivity index (χ2n) is 6.59. The molecule has 10 heteroatoms. The highest BCUT2D eigenvalue weighted by molar-refractivity contribution is 8.16. The van der Waals surface area contributed by atoms with Crippen LogP contribution in [0.15, 0.2) is 23.2 Å². The molecule has 27 heavy (non-hydrogen) atoms. The van der Waals surface area contributed by atoms with Crippen molar-refractivity contribution in [2.24, 2.45) is 4.99 Å².